The van der Waals surface area contributed by atoms with Crippen molar-refractivity contribution < 1.29 is 19.5 Å². The summed E-state index contributed by atoms with van der Waals surface area (Å²) >= 11 is 0. The Labute approximate surface area is 122 Å². The molecule has 1 aliphatic rings. The van der Waals surface area contributed by atoms with E-state index in [9.17, 15) is 14.4 Å². The number of rotatable bonds is 6. The maximum atomic E-state index is 12.0. The van der Waals surface area contributed by atoms with Gasteiger partial charge in [-0.25, -0.2) is 0 Å². The minimum absolute atomic E-state index is 0.0278. The van der Waals surface area contributed by atoms with Gasteiger partial charge < -0.3 is 15.3 Å². The largest absolute Gasteiger partial charge is 0.481 e. The molecular weight excluding hydrogens is 272 g/mol. The monoisotopic (exact) mass is 290 g/mol. The Morgan fingerprint density at radius 2 is 2.00 bits per heavy atom. The molecule has 21 heavy (non-hydrogen) atoms. The van der Waals surface area contributed by atoms with Crippen molar-refractivity contribution in [1.29, 1.82) is 0 Å². The molecule has 1 aromatic carbocycles. The number of benzene rings is 1. The molecule has 0 radical (unpaired) electrons. The van der Waals surface area contributed by atoms with Crippen molar-refractivity contribution in [3.05, 3.63) is 30.3 Å². The van der Waals surface area contributed by atoms with E-state index < -0.39 is 5.97 Å². The third-order valence-electron chi connectivity index (χ3n) is 3.43. The Bertz CT molecular complexity index is 530. The Kier molecular flexibility index (Phi) is 4.92. The van der Waals surface area contributed by atoms with Gasteiger partial charge in [0.1, 0.15) is 0 Å². The zero-order valence-electron chi connectivity index (χ0n) is 11.6. The molecule has 2 N–H and O–H groups in total. The highest BCUT2D eigenvalue weighted by Crippen LogP contribution is 2.24. The minimum atomic E-state index is -0.879. The molecule has 1 aromatic rings. The summed E-state index contributed by atoms with van der Waals surface area (Å²) in [4.78, 5) is 35.9. The zero-order valence-corrected chi connectivity index (χ0v) is 11.6. The molecule has 0 aliphatic carbocycles. The van der Waals surface area contributed by atoms with E-state index in [4.69, 9.17) is 5.11 Å². The average Bonchev–Trinajstić information content (AvgIpc) is 2.86. The van der Waals surface area contributed by atoms with Crippen LogP contribution in [0.4, 0.5) is 5.69 Å². The Hall–Kier alpha value is -2.37. The van der Waals surface area contributed by atoms with Crippen LogP contribution in [0, 0.1) is 5.92 Å². The van der Waals surface area contributed by atoms with Crippen LogP contribution in [0.3, 0.4) is 0 Å². The predicted molar refractivity (Wildman–Crippen MR) is 76.8 cm³/mol. The third-order valence-corrected chi connectivity index (χ3v) is 3.43. The number of para-hydroxylation sites is 1. The highest BCUT2D eigenvalue weighted by atomic mass is 16.4. The first-order valence-electron chi connectivity index (χ1n) is 6.93. The number of carbonyl (C=O) groups is 3. The molecule has 6 heteroatoms. The van der Waals surface area contributed by atoms with Crippen LogP contribution in [0.1, 0.15) is 19.3 Å². The van der Waals surface area contributed by atoms with Crippen molar-refractivity contribution in [2.75, 3.05) is 18.0 Å². The van der Waals surface area contributed by atoms with Crippen molar-refractivity contribution in [3.8, 4) is 0 Å². The number of carbonyl (C=O) groups excluding carboxylic acids is 2. The summed E-state index contributed by atoms with van der Waals surface area (Å²) in [7, 11) is 0. The SMILES string of the molecule is O=C(O)CCCNC(=O)C1CC(=O)N(c2ccccc2)C1. The Morgan fingerprint density at radius 3 is 2.67 bits per heavy atom. The van der Waals surface area contributed by atoms with E-state index in [1.807, 2.05) is 30.3 Å². The van der Waals surface area contributed by atoms with Gasteiger partial charge in [-0.1, -0.05) is 18.2 Å². The van der Waals surface area contributed by atoms with Crippen LogP contribution in [-0.4, -0.2) is 36.0 Å². The summed E-state index contributed by atoms with van der Waals surface area (Å²) in [5, 5.41) is 11.2. The van der Waals surface area contributed by atoms with Crippen LogP contribution >= 0.6 is 0 Å². The summed E-state index contributed by atoms with van der Waals surface area (Å²) < 4.78 is 0. The summed E-state index contributed by atoms with van der Waals surface area (Å²) in [5.41, 5.74) is 0.795. The first kappa shape index (κ1) is 15.0. The fourth-order valence-electron chi connectivity index (χ4n) is 2.34. The van der Waals surface area contributed by atoms with E-state index in [2.05, 4.69) is 5.32 Å². The molecule has 6 nitrogen and oxygen atoms in total. The van der Waals surface area contributed by atoms with E-state index in [1.54, 1.807) is 4.90 Å². The molecule has 1 atom stereocenters. The molecule has 1 saturated heterocycles. The zero-order chi connectivity index (χ0) is 15.2. The smallest absolute Gasteiger partial charge is 0.303 e. The molecule has 0 bridgehead atoms. The lowest BCUT2D eigenvalue weighted by Crippen LogP contribution is -2.33. The van der Waals surface area contributed by atoms with Gasteiger partial charge in [-0.3, -0.25) is 14.4 Å². The van der Waals surface area contributed by atoms with Gasteiger partial charge in [-0.05, 0) is 18.6 Å². The molecule has 1 heterocycles. The maximum Gasteiger partial charge on any atom is 0.303 e. The maximum absolute atomic E-state index is 12.0. The van der Waals surface area contributed by atoms with Crippen molar-refractivity contribution in [1.82, 2.24) is 5.32 Å². The first-order chi connectivity index (χ1) is 10.1. The Balaban J connectivity index is 1.84. The molecule has 1 fully saturated rings. The van der Waals surface area contributed by atoms with Crippen LogP contribution in [0.2, 0.25) is 0 Å². The fraction of sp³-hybridized carbons (Fsp3) is 0.400. The normalized spacial score (nSPS) is 17.8. The lowest BCUT2D eigenvalue weighted by molar-refractivity contribution is -0.137. The quantitative estimate of drug-likeness (QED) is 0.766. The van der Waals surface area contributed by atoms with E-state index in [0.717, 1.165) is 5.69 Å². The van der Waals surface area contributed by atoms with Gasteiger partial charge in [0.15, 0.2) is 0 Å². The second-order valence-electron chi connectivity index (χ2n) is 5.03. The number of nitrogens with one attached hydrogen (secondary N) is 1. The van der Waals surface area contributed by atoms with Crippen LogP contribution in [0.15, 0.2) is 30.3 Å². The molecular formula is C15H18N2O4. The van der Waals surface area contributed by atoms with E-state index in [0.29, 0.717) is 19.5 Å². The lowest BCUT2D eigenvalue weighted by atomic mass is 10.1. The molecule has 0 saturated carbocycles. The van der Waals surface area contributed by atoms with E-state index in [1.165, 1.54) is 0 Å². The highest BCUT2D eigenvalue weighted by Gasteiger charge is 2.34. The predicted octanol–water partition coefficient (Wildman–Crippen LogP) is 1.02. The standard InChI is InChI=1S/C15H18N2O4/c18-13-9-11(15(21)16-8-4-7-14(19)20)10-17(13)12-5-2-1-3-6-12/h1-3,5-6,11H,4,7-10H2,(H,16,21)(H,19,20). The minimum Gasteiger partial charge on any atom is -0.481 e. The molecule has 1 aliphatic heterocycles. The van der Waals surface area contributed by atoms with E-state index in [-0.39, 0.29) is 30.6 Å². The van der Waals surface area contributed by atoms with Crippen LogP contribution < -0.4 is 10.2 Å². The summed E-state index contributed by atoms with van der Waals surface area (Å²) in [6, 6.07) is 9.25. The Morgan fingerprint density at radius 1 is 1.29 bits per heavy atom. The topological polar surface area (TPSA) is 86.7 Å². The number of hydrogen-bond donors (Lipinski definition) is 2. The summed E-state index contributed by atoms with van der Waals surface area (Å²) in [6.07, 6.45) is 0.615. The second-order valence-corrected chi connectivity index (χ2v) is 5.03. The number of carboxylic acid groups (broad SMARTS) is 1. The fourth-order valence-corrected chi connectivity index (χ4v) is 2.34. The average molecular weight is 290 g/mol. The van der Waals surface area contributed by atoms with Crippen LogP contribution in [0.5, 0.6) is 0 Å². The molecule has 2 amide bonds. The molecule has 2 rings (SSSR count). The number of amides is 2. The van der Waals surface area contributed by atoms with E-state index >= 15 is 0 Å². The molecule has 1 unspecified atom stereocenters. The van der Waals surface area contributed by atoms with Gasteiger partial charge in [0.2, 0.25) is 11.8 Å². The van der Waals surface area contributed by atoms with Crippen molar-refractivity contribution >= 4 is 23.5 Å². The number of anilines is 1. The number of carboxylic acids is 1. The van der Waals surface area contributed by atoms with Gasteiger partial charge in [0, 0.05) is 31.6 Å². The van der Waals surface area contributed by atoms with Crippen LogP contribution in [0.25, 0.3) is 0 Å². The van der Waals surface area contributed by atoms with Crippen molar-refractivity contribution in [2.45, 2.75) is 19.3 Å². The number of hydrogen-bond acceptors (Lipinski definition) is 3. The first-order valence-corrected chi connectivity index (χ1v) is 6.93. The third kappa shape index (κ3) is 4.05. The van der Waals surface area contributed by atoms with Crippen molar-refractivity contribution in [2.24, 2.45) is 5.92 Å². The lowest BCUT2D eigenvalue weighted by Gasteiger charge is -2.16. The van der Waals surface area contributed by atoms with Crippen molar-refractivity contribution in [3.63, 3.8) is 0 Å². The van der Waals surface area contributed by atoms with Gasteiger partial charge in [-0.15, -0.1) is 0 Å². The molecule has 0 spiro atoms. The second kappa shape index (κ2) is 6.88. The van der Waals surface area contributed by atoms with Crippen LogP contribution in [-0.2, 0) is 14.4 Å². The molecule has 112 valence electrons. The number of aliphatic carboxylic acids is 1. The summed E-state index contributed by atoms with van der Waals surface area (Å²) in [5.74, 6) is -1.50. The van der Waals surface area contributed by atoms with Gasteiger partial charge in [0.25, 0.3) is 0 Å². The van der Waals surface area contributed by atoms with Gasteiger partial charge in [0.05, 0.1) is 5.92 Å². The number of nitrogens with zero attached hydrogens (tertiary/aromatic N) is 1. The highest BCUT2D eigenvalue weighted by molar-refractivity contribution is 6.00. The van der Waals surface area contributed by atoms with Gasteiger partial charge >= 0.3 is 5.97 Å². The summed E-state index contributed by atoms with van der Waals surface area (Å²) in [6.45, 7) is 0.689. The van der Waals surface area contributed by atoms with Gasteiger partial charge in [-0.2, -0.15) is 0 Å². The molecule has 0 aromatic heterocycles.